The lowest BCUT2D eigenvalue weighted by Crippen LogP contribution is -2.56. The van der Waals surface area contributed by atoms with E-state index in [0.29, 0.717) is 30.9 Å². The molecule has 0 aliphatic carbocycles. The number of carbonyl (C=O) groups is 2. The predicted octanol–water partition coefficient (Wildman–Crippen LogP) is 2.41. The first-order valence-electron chi connectivity index (χ1n) is 8.74. The van der Waals surface area contributed by atoms with Gasteiger partial charge in [0.2, 0.25) is 5.91 Å². The van der Waals surface area contributed by atoms with E-state index < -0.39 is 5.60 Å². The molecular formula is C19H28N2O5. The predicted molar refractivity (Wildman–Crippen MR) is 97.3 cm³/mol. The SMILES string of the molecule is COc1ccc(O)cc1CC(=O)N1CCN(C(=O)OC(C)(C)C)[C@H](C)C1. The van der Waals surface area contributed by atoms with E-state index in [4.69, 9.17) is 9.47 Å². The van der Waals surface area contributed by atoms with Crippen molar-refractivity contribution in [2.75, 3.05) is 26.7 Å². The fraction of sp³-hybridized carbons (Fsp3) is 0.579. The van der Waals surface area contributed by atoms with Crippen LogP contribution in [0, 0.1) is 0 Å². The van der Waals surface area contributed by atoms with Crippen LogP contribution < -0.4 is 4.74 Å². The number of rotatable bonds is 3. The molecule has 1 fully saturated rings. The zero-order valence-electron chi connectivity index (χ0n) is 16.1. The maximum atomic E-state index is 12.7. The number of hydrogen-bond donors (Lipinski definition) is 1. The Bertz CT molecular complexity index is 668. The first kappa shape index (κ1) is 19.9. The molecule has 1 atom stereocenters. The van der Waals surface area contributed by atoms with E-state index in [0.717, 1.165) is 0 Å². The van der Waals surface area contributed by atoms with Crippen LogP contribution in [0.3, 0.4) is 0 Å². The molecule has 1 heterocycles. The highest BCUT2D eigenvalue weighted by Gasteiger charge is 2.32. The molecule has 0 bridgehead atoms. The second-order valence-corrected chi connectivity index (χ2v) is 7.54. The third kappa shape index (κ3) is 5.03. The van der Waals surface area contributed by atoms with Crippen LogP contribution in [-0.2, 0) is 16.0 Å². The van der Waals surface area contributed by atoms with Crippen LogP contribution in [0.15, 0.2) is 18.2 Å². The molecule has 1 aliphatic rings. The Morgan fingerprint density at radius 2 is 1.96 bits per heavy atom. The summed E-state index contributed by atoms with van der Waals surface area (Å²) in [5, 5.41) is 9.65. The standard InChI is InChI=1S/C19H28N2O5/c1-13-12-20(8-9-21(13)18(24)26-19(2,3)4)17(23)11-14-10-15(22)6-7-16(14)25-5/h6-7,10,13,22H,8-9,11-12H2,1-5H3/t13-/m1/s1. The second-order valence-electron chi connectivity index (χ2n) is 7.54. The largest absolute Gasteiger partial charge is 0.508 e. The maximum Gasteiger partial charge on any atom is 0.410 e. The molecule has 7 heteroatoms. The average Bonchev–Trinajstić information content (AvgIpc) is 2.53. The molecule has 1 N–H and O–H groups in total. The Hall–Kier alpha value is -2.44. The molecule has 0 spiro atoms. The van der Waals surface area contributed by atoms with Crippen LogP contribution in [0.1, 0.15) is 33.3 Å². The first-order chi connectivity index (χ1) is 12.1. The number of hydrogen-bond acceptors (Lipinski definition) is 5. The third-order valence-corrected chi connectivity index (χ3v) is 4.21. The van der Waals surface area contributed by atoms with E-state index >= 15 is 0 Å². The smallest absolute Gasteiger partial charge is 0.410 e. The Morgan fingerprint density at radius 1 is 1.27 bits per heavy atom. The van der Waals surface area contributed by atoms with Crippen LogP contribution in [-0.4, -0.2) is 65.3 Å². The van der Waals surface area contributed by atoms with Gasteiger partial charge in [0, 0.05) is 31.2 Å². The molecular weight excluding hydrogens is 336 g/mol. The van der Waals surface area contributed by atoms with Gasteiger partial charge in [-0.25, -0.2) is 4.79 Å². The van der Waals surface area contributed by atoms with Crippen molar-refractivity contribution >= 4 is 12.0 Å². The molecule has 2 amide bonds. The summed E-state index contributed by atoms with van der Waals surface area (Å²) in [6.07, 6.45) is -0.219. The van der Waals surface area contributed by atoms with Crippen LogP contribution in [0.25, 0.3) is 0 Å². The average molecular weight is 364 g/mol. The van der Waals surface area contributed by atoms with Crippen molar-refractivity contribution in [3.05, 3.63) is 23.8 Å². The molecule has 144 valence electrons. The van der Waals surface area contributed by atoms with Gasteiger partial charge in [0.05, 0.1) is 13.5 Å². The second kappa shape index (κ2) is 7.85. The fourth-order valence-corrected chi connectivity index (χ4v) is 2.95. The van der Waals surface area contributed by atoms with E-state index in [1.807, 2.05) is 27.7 Å². The zero-order valence-corrected chi connectivity index (χ0v) is 16.1. The van der Waals surface area contributed by atoms with Crippen molar-refractivity contribution in [1.82, 2.24) is 9.80 Å². The molecule has 1 aromatic rings. The van der Waals surface area contributed by atoms with Gasteiger partial charge in [0.25, 0.3) is 0 Å². The van der Waals surface area contributed by atoms with Gasteiger partial charge in [-0.1, -0.05) is 0 Å². The summed E-state index contributed by atoms with van der Waals surface area (Å²) in [4.78, 5) is 28.3. The molecule has 0 unspecified atom stereocenters. The van der Waals surface area contributed by atoms with Crippen LogP contribution in [0.4, 0.5) is 4.79 Å². The van der Waals surface area contributed by atoms with Gasteiger partial charge in [0.1, 0.15) is 17.1 Å². The molecule has 1 aliphatic heterocycles. The van der Waals surface area contributed by atoms with Crippen LogP contribution in [0.2, 0.25) is 0 Å². The third-order valence-electron chi connectivity index (χ3n) is 4.21. The molecule has 0 radical (unpaired) electrons. The molecule has 2 rings (SSSR count). The normalized spacial score (nSPS) is 17.8. The monoisotopic (exact) mass is 364 g/mol. The number of methoxy groups -OCH3 is 1. The van der Waals surface area contributed by atoms with E-state index in [9.17, 15) is 14.7 Å². The minimum Gasteiger partial charge on any atom is -0.508 e. The summed E-state index contributed by atoms with van der Waals surface area (Å²) < 4.78 is 10.7. The highest BCUT2D eigenvalue weighted by atomic mass is 16.6. The number of phenols is 1. The minimum absolute atomic E-state index is 0.0652. The van der Waals surface area contributed by atoms with Crippen molar-refractivity contribution in [2.45, 2.75) is 45.8 Å². The molecule has 7 nitrogen and oxygen atoms in total. The summed E-state index contributed by atoms with van der Waals surface area (Å²) >= 11 is 0. The summed E-state index contributed by atoms with van der Waals surface area (Å²) in [5.41, 5.74) is 0.0926. The van der Waals surface area contributed by atoms with Crippen molar-refractivity contribution in [3.63, 3.8) is 0 Å². The molecule has 0 saturated carbocycles. The lowest BCUT2D eigenvalue weighted by atomic mass is 10.1. The van der Waals surface area contributed by atoms with Crippen molar-refractivity contribution < 1.29 is 24.2 Å². The highest BCUT2D eigenvalue weighted by Crippen LogP contribution is 2.24. The summed E-state index contributed by atoms with van der Waals surface area (Å²) in [5.74, 6) is 0.595. The highest BCUT2D eigenvalue weighted by molar-refractivity contribution is 5.80. The van der Waals surface area contributed by atoms with Crippen LogP contribution in [0.5, 0.6) is 11.5 Å². The van der Waals surface area contributed by atoms with Gasteiger partial charge in [-0.3, -0.25) is 4.79 Å². The summed E-state index contributed by atoms with van der Waals surface area (Å²) in [6, 6.07) is 4.57. The number of amides is 2. The van der Waals surface area contributed by atoms with E-state index in [-0.39, 0.29) is 30.2 Å². The topological polar surface area (TPSA) is 79.3 Å². The maximum absolute atomic E-state index is 12.7. The van der Waals surface area contributed by atoms with Crippen molar-refractivity contribution in [2.24, 2.45) is 0 Å². The molecule has 1 saturated heterocycles. The lowest BCUT2D eigenvalue weighted by Gasteiger charge is -2.40. The van der Waals surface area contributed by atoms with Gasteiger partial charge in [-0.15, -0.1) is 0 Å². The molecule has 1 aromatic carbocycles. The van der Waals surface area contributed by atoms with Gasteiger partial charge < -0.3 is 24.4 Å². The fourth-order valence-electron chi connectivity index (χ4n) is 2.95. The van der Waals surface area contributed by atoms with E-state index in [1.54, 1.807) is 15.9 Å². The van der Waals surface area contributed by atoms with Crippen molar-refractivity contribution in [3.8, 4) is 11.5 Å². The number of ether oxygens (including phenoxy) is 2. The van der Waals surface area contributed by atoms with E-state index in [2.05, 4.69) is 0 Å². The number of aromatic hydroxyl groups is 1. The van der Waals surface area contributed by atoms with Gasteiger partial charge >= 0.3 is 6.09 Å². The van der Waals surface area contributed by atoms with Gasteiger partial charge in [0.15, 0.2) is 0 Å². The Balaban J connectivity index is 1.99. The summed E-state index contributed by atoms with van der Waals surface area (Å²) in [7, 11) is 1.53. The molecule has 0 aromatic heterocycles. The van der Waals surface area contributed by atoms with Gasteiger partial charge in [-0.05, 0) is 45.9 Å². The van der Waals surface area contributed by atoms with Crippen LogP contribution >= 0.6 is 0 Å². The van der Waals surface area contributed by atoms with E-state index in [1.165, 1.54) is 19.2 Å². The van der Waals surface area contributed by atoms with Gasteiger partial charge in [-0.2, -0.15) is 0 Å². The number of carbonyl (C=O) groups excluding carboxylic acids is 2. The molecule has 26 heavy (non-hydrogen) atoms. The number of benzene rings is 1. The Kier molecular flexibility index (Phi) is 6.00. The number of phenolic OH excluding ortho intramolecular Hbond substituents is 1. The quantitative estimate of drug-likeness (QED) is 0.891. The number of nitrogens with zero attached hydrogens (tertiary/aromatic N) is 2. The number of piperazine rings is 1. The zero-order chi connectivity index (χ0) is 19.5. The summed E-state index contributed by atoms with van der Waals surface area (Å²) in [6.45, 7) is 8.72. The Morgan fingerprint density at radius 3 is 2.54 bits per heavy atom. The lowest BCUT2D eigenvalue weighted by molar-refractivity contribution is -0.133. The first-order valence-corrected chi connectivity index (χ1v) is 8.74. The minimum atomic E-state index is -0.546. The Labute approximate surface area is 154 Å². The van der Waals surface area contributed by atoms with Crippen molar-refractivity contribution in [1.29, 1.82) is 0 Å².